The molecule has 0 unspecified atom stereocenters. The summed E-state index contributed by atoms with van der Waals surface area (Å²) in [6.07, 6.45) is 2.53. The summed E-state index contributed by atoms with van der Waals surface area (Å²) in [5, 5.41) is 9.41. The molecule has 1 aliphatic carbocycles. The molecule has 5 nitrogen and oxygen atoms in total. The Morgan fingerprint density at radius 3 is 2.48 bits per heavy atom. The Kier molecular flexibility index (Phi) is 4.64. The number of hydrogen-bond donors (Lipinski definition) is 0. The molecule has 1 saturated heterocycles. The van der Waals surface area contributed by atoms with Crippen molar-refractivity contribution in [2.75, 3.05) is 18.0 Å². The first kappa shape index (κ1) is 17.3. The third kappa shape index (κ3) is 3.56. The molecule has 4 rings (SSSR count). The van der Waals surface area contributed by atoms with Crippen molar-refractivity contribution in [2.45, 2.75) is 25.3 Å². The summed E-state index contributed by atoms with van der Waals surface area (Å²) in [7, 11) is 0. The minimum Gasteiger partial charge on any atom is -0.328 e. The van der Waals surface area contributed by atoms with Gasteiger partial charge in [0.2, 0.25) is 11.8 Å². The van der Waals surface area contributed by atoms with Crippen molar-refractivity contribution < 1.29 is 9.59 Å². The number of nitriles is 1. The standard InChI is InChI=1S/C22H21N3O2/c23-13-18-8-4-5-9-20(18)25-14-19(12-16-6-2-1-3-7-16)24(15-21(25)26)22(27)17-10-11-17/h1-9,17,19H,10-12,14-15H2/t19-/m1/s1. The highest BCUT2D eigenvalue weighted by atomic mass is 16.2. The Balaban J connectivity index is 1.64. The molecule has 2 aromatic rings. The van der Waals surface area contributed by atoms with Crippen LogP contribution in [0.2, 0.25) is 0 Å². The fourth-order valence-electron chi connectivity index (χ4n) is 3.69. The topological polar surface area (TPSA) is 64.4 Å². The van der Waals surface area contributed by atoms with Crippen molar-refractivity contribution in [1.82, 2.24) is 4.90 Å². The maximum atomic E-state index is 12.8. The van der Waals surface area contributed by atoms with Crippen LogP contribution in [0, 0.1) is 17.2 Å². The van der Waals surface area contributed by atoms with Crippen LogP contribution in [0.5, 0.6) is 0 Å². The number of nitrogens with zero attached hydrogens (tertiary/aromatic N) is 3. The molecule has 0 bridgehead atoms. The summed E-state index contributed by atoms with van der Waals surface area (Å²) in [5.41, 5.74) is 2.24. The molecular weight excluding hydrogens is 338 g/mol. The van der Waals surface area contributed by atoms with E-state index in [1.54, 1.807) is 28.0 Å². The van der Waals surface area contributed by atoms with E-state index in [2.05, 4.69) is 6.07 Å². The molecule has 1 heterocycles. The third-order valence-corrected chi connectivity index (χ3v) is 5.28. The van der Waals surface area contributed by atoms with Crippen LogP contribution in [-0.2, 0) is 16.0 Å². The lowest BCUT2D eigenvalue weighted by molar-refractivity contribution is -0.140. The van der Waals surface area contributed by atoms with Gasteiger partial charge in [-0.25, -0.2) is 0 Å². The van der Waals surface area contributed by atoms with E-state index < -0.39 is 0 Å². The number of anilines is 1. The smallest absolute Gasteiger partial charge is 0.246 e. The number of carbonyl (C=O) groups excluding carboxylic acids is 2. The second kappa shape index (κ2) is 7.24. The van der Waals surface area contributed by atoms with Crippen molar-refractivity contribution >= 4 is 17.5 Å². The van der Waals surface area contributed by atoms with Gasteiger partial charge in [0.15, 0.2) is 0 Å². The van der Waals surface area contributed by atoms with E-state index in [0.29, 0.717) is 24.2 Å². The average Bonchev–Trinajstić information content (AvgIpc) is 3.54. The van der Waals surface area contributed by atoms with E-state index in [1.807, 2.05) is 36.4 Å². The van der Waals surface area contributed by atoms with Crippen molar-refractivity contribution in [2.24, 2.45) is 5.92 Å². The van der Waals surface area contributed by atoms with Crippen LogP contribution in [0.4, 0.5) is 5.69 Å². The fourth-order valence-corrected chi connectivity index (χ4v) is 3.69. The molecule has 1 atom stereocenters. The van der Waals surface area contributed by atoms with Gasteiger partial charge < -0.3 is 9.80 Å². The van der Waals surface area contributed by atoms with Crippen molar-refractivity contribution in [3.05, 3.63) is 65.7 Å². The van der Waals surface area contributed by atoms with Gasteiger partial charge in [-0.15, -0.1) is 0 Å². The largest absolute Gasteiger partial charge is 0.328 e. The summed E-state index contributed by atoms with van der Waals surface area (Å²) >= 11 is 0. The van der Waals surface area contributed by atoms with E-state index >= 15 is 0 Å². The first-order valence-electron chi connectivity index (χ1n) is 9.31. The lowest BCUT2D eigenvalue weighted by Crippen LogP contribution is -2.59. The highest BCUT2D eigenvalue weighted by Crippen LogP contribution is 2.34. The monoisotopic (exact) mass is 359 g/mol. The molecule has 0 aromatic heterocycles. The molecule has 1 saturated carbocycles. The quantitative estimate of drug-likeness (QED) is 0.843. The molecular formula is C22H21N3O2. The van der Waals surface area contributed by atoms with Crippen LogP contribution in [0.15, 0.2) is 54.6 Å². The van der Waals surface area contributed by atoms with Gasteiger partial charge in [-0.3, -0.25) is 9.59 Å². The molecule has 2 amide bonds. The van der Waals surface area contributed by atoms with E-state index in [1.165, 1.54) is 0 Å². The number of para-hydroxylation sites is 1. The van der Waals surface area contributed by atoms with Crippen LogP contribution in [-0.4, -0.2) is 35.8 Å². The van der Waals surface area contributed by atoms with E-state index in [-0.39, 0.29) is 30.3 Å². The zero-order valence-corrected chi connectivity index (χ0v) is 15.0. The van der Waals surface area contributed by atoms with Gasteiger partial charge in [0.25, 0.3) is 0 Å². The summed E-state index contributed by atoms with van der Waals surface area (Å²) in [5.74, 6) is 0.0440. The maximum Gasteiger partial charge on any atom is 0.246 e. The van der Waals surface area contributed by atoms with Gasteiger partial charge >= 0.3 is 0 Å². The number of piperazine rings is 1. The van der Waals surface area contributed by atoms with Crippen LogP contribution in [0.3, 0.4) is 0 Å². The summed E-state index contributed by atoms with van der Waals surface area (Å²) < 4.78 is 0. The highest BCUT2D eigenvalue weighted by molar-refractivity contribution is 5.99. The summed E-state index contributed by atoms with van der Waals surface area (Å²) in [4.78, 5) is 29.0. The third-order valence-electron chi connectivity index (χ3n) is 5.28. The molecule has 0 radical (unpaired) electrons. The average molecular weight is 359 g/mol. The van der Waals surface area contributed by atoms with Crippen LogP contribution >= 0.6 is 0 Å². The predicted octanol–water partition coefficient (Wildman–Crippen LogP) is 2.75. The fraction of sp³-hybridized carbons (Fsp3) is 0.318. The SMILES string of the molecule is N#Cc1ccccc1N1C[C@@H](Cc2ccccc2)N(C(=O)C2CC2)CC1=O. The number of rotatable bonds is 4. The second-order valence-electron chi connectivity index (χ2n) is 7.22. The van der Waals surface area contributed by atoms with E-state index in [9.17, 15) is 14.9 Å². The van der Waals surface area contributed by atoms with Crippen LogP contribution in [0.1, 0.15) is 24.0 Å². The van der Waals surface area contributed by atoms with Crippen molar-refractivity contribution in [3.63, 3.8) is 0 Å². The highest BCUT2D eigenvalue weighted by Gasteiger charge is 2.41. The molecule has 1 aliphatic heterocycles. The Morgan fingerprint density at radius 1 is 1.07 bits per heavy atom. The van der Waals surface area contributed by atoms with Gasteiger partial charge in [-0.2, -0.15) is 5.26 Å². The van der Waals surface area contributed by atoms with Gasteiger partial charge in [-0.1, -0.05) is 42.5 Å². The second-order valence-corrected chi connectivity index (χ2v) is 7.22. The Bertz CT molecular complexity index is 899. The summed E-state index contributed by atoms with van der Waals surface area (Å²) in [6.45, 7) is 0.484. The minimum atomic E-state index is -0.129. The zero-order valence-electron chi connectivity index (χ0n) is 15.0. The lowest BCUT2D eigenvalue weighted by Gasteiger charge is -2.41. The van der Waals surface area contributed by atoms with Crippen molar-refractivity contribution in [1.29, 1.82) is 5.26 Å². The Morgan fingerprint density at radius 2 is 1.78 bits per heavy atom. The van der Waals surface area contributed by atoms with Gasteiger partial charge in [-0.05, 0) is 37.0 Å². The Labute approximate surface area is 158 Å². The maximum absolute atomic E-state index is 12.8. The molecule has 2 aliphatic rings. The van der Waals surface area contributed by atoms with Gasteiger partial charge in [0, 0.05) is 12.5 Å². The molecule has 5 heteroatoms. The normalized spacial score (nSPS) is 19.7. The van der Waals surface area contributed by atoms with Crippen LogP contribution in [0.25, 0.3) is 0 Å². The van der Waals surface area contributed by atoms with Crippen LogP contribution < -0.4 is 4.90 Å². The van der Waals surface area contributed by atoms with Gasteiger partial charge in [0.1, 0.15) is 12.6 Å². The molecule has 136 valence electrons. The lowest BCUT2D eigenvalue weighted by atomic mass is 10.00. The van der Waals surface area contributed by atoms with E-state index in [0.717, 1.165) is 18.4 Å². The summed E-state index contributed by atoms with van der Waals surface area (Å²) in [6, 6.07) is 19.2. The zero-order chi connectivity index (χ0) is 18.8. The number of carbonyl (C=O) groups is 2. The van der Waals surface area contributed by atoms with Crippen molar-refractivity contribution in [3.8, 4) is 6.07 Å². The van der Waals surface area contributed by atoms with E-state index in [4.69, 9.17) is 0 Å². The first-order chi connectivity index (χ1) is 13.2. The number of hydrogen-bond acceptors (Lipinski definition) is 3. The number of amides is 2. The molecule has 2 aromatic carbocycles. The first-order valence-corrected chi connectivity index (χ1v) is 9.31. The Hall–Kier alpha value is -3.13. The molecule has 27 heavy (non-hydrogen) atoms. The molecule has 2 fully saturated rings. The molecule has 0 spiro atoms. The predicted molar refractivity (Wildman–Crippen MR) is 102 cm³/mol. The van der Waals surface area contributed by atoms with Gasteiger partial charge in [0.05, 0.1) is 17.3 Å². The molecule has 0 N–H and O–H groups in total. The number of benzene rings is 2. The minimum absolute atomic E-state index is 0.0760.